The molecule has 3 aromatic rings. The standard InChI is InChI=1S/C21H26N6/c1-17-14-18(2)27(24-17)20-7-3-6-19(15-20)16-25-10-5-11-26(13-12-25)21-22-8-4-9-23-21/h3-4,6-9,14-15H,5,10-13,16H2,1-2H3. The summed E-state index contributed by atoms with van der Waals surface area (Å²) in [5.74, 6) is 0.839. The van der Waals surface area contributed by atoms with Crippen LogP contribution in [-0.2, 0) is 6.54 Å². The molecule has 0 atom stereocenters. The monoisotopic (exact) mass is 362 g/mol. The van der Waals surface area contributed by atoms with Crippen LogP contribution in [0.25, 0.3) is 5.69 Å². The average molecular weight is 362 g/mol. The molecule has 6 nitrogen and oxygen atoms in total. The number of anilines is 1. The third-order valence-corrected chi connectivity index (χ3v) is 4.99. The Balaban J connectivity index is 1.44. The number of benzene rings is 1. The minimum Gasteiger partial charge on any atom is -0.339 e. The van der Waals surface area contributed by atoms with Gasteiger partial charge in [-0.1, -0.05) is 12.1 Å². The molecule has 1 aliphatic heterocycles. The van der Waals surface area contributed by atoms with E-state index in [1.54, 1.807) is 0 Å². The van der Waals surface area contributed by atoms with E-state index >= 15 is 0 Å². The first-order valence-electron chi connectivity index (χ1n) is 9.56. The van der Waals surface area contributed by atoms with E-state index in [4.69, 9.17) is 0 Å². The Morgan fingerprint density at radius 3 is 2.56 bits per heavy atom. The summed E-state index contributed by atoms with van der Waals surface area (Å²) in [5.41, 5.74) is 4.67. The van der Waals surface area contributed by atoms with E-state index in [0.717, 1.165) is 62.2 Å². The molecule has 1 aliphatic rings. The lowest BCUT2D eigenvalue weighted by molar-refractivity contribution is 0.285. The van der Waals surface area contributed by atoms with Crippen molar-refractivity contribution in [2.45, 2.75) is 26.8 Å². The fourth-order valence-corrected chi connectivity index (χ4v) is 3.72. The summed E-state index contributed by atoms with van der Waals surface area (Å²) in [6, 6.07) is 12.7. The molecule has 2 aromatic heterocycles. The summed E-state index contributed by atoms with van der Waals surface area (Å²) >= 11 is 0. The highest BCUT2D eigenvalue weighted by molar-refractivity contribution is 5.37. The normalized spacial score (nSPS) is 15.7. The van der Waals surface area contributed by atoms with E-state index < -0.39 is 0 Å². The summed E-state index contributed by atoms with van der Waals surface area (Å²) in [6.07, 6.45) is 4.75. The quantitative estimate of drug-likeness (QED) is 0.714. The predicted octanol–water partition coefficient (Wildman–Crippen LogP) is 2.99. The highest BCUT2D eigenvalue weighted by Crippen LogP contribution is 2.17. The SMILES string of the molecule is Cc1cc(C)n(-c2cccc(CN3CCCN(c4ncccn4)CC3)c2)n1. The van der Waals surface area contributed by atoms with E-state index in [9.17, 15) is 0 Å². The van der Waals surface area contributed by atoms with Crippen LogP contribution >= 0.6 is 0 Å². The first-order chi connectivity index (χ1) is 13.2. The second-order valence-electron chi connectivity index (χ2n) is 7.17. The Morgan fingerprint density at radius 1 is 0.926 bits per heavy atom. The predicted molar refractivity (Wildman–Crippen MR) is 107 cm³/mol. The first-order valence-corrected chi connectivity index (χ1v) is 9.56. The number of hydrogen-bond acceptors (Lipinski definition) is 5. The minimum atomic E-state index is 0.839. The van der Waals surface area contributed by atoms with Crippen molar-refractivity contribution in [3.05, 3.63) is 65.7 Å². The molecule has 0 amide bonds. The van der Waals surface area contributed by atoms with Crippen LogP contribution in [0.1, 0.15) is 23.4 Å². The van der Waals surface area contributed by atoms with Crippen molar-refractivity contribution in [1.82, 2.24) is 24.6 Å². The number of aromatic nitrogens is 4. The number of rotatable bonds is 4. The van der Waals surface area contributed by atoms with Crippen molar-refractivity contribution < 1.29 is 0 Å². The highest BCUT2D eigenvalue weighted by Gasteiger charge is 2.17. The van der Waals surface area contributed by atoms with E-state index in [0.29, 0.717) is 0 Å². The van der Waals surface area contributed by atoms with Crippen LogP contribution in [0.2, 0.25) is 0 Å². The van der Waals surface area contributed by atoms with Crippen molar-refractivity contribution >= 4 is 5.95 Å². The van der Waals surface area contributed by atoms with Crippen LogP contribution in [0.5, 0.6) is 0 Å². The Kier molecular flexibility index (Phi) is 5.16. The van der Waals surface area contributed by atoms with Gasteiger partial charge in [-0.15, -0.1) is 0 Å². The van der Waals surface area contributed by atoms with Gasteiger partial charge in [0, 0.05) is 50.8 Å². The lowest BCUT2D eigenvalue weighted by Gasteiger charge is -2.22. The maximum absolute atomic E-state index is 4.61. The second-order valence-corrected chi connectivity index (χ2v) is 7.17. The second kappa shape index (κ2) is 7.88. The number of aryl methyl sites for hydroxylation is 2. The Bertz CT molecular complexity index is 889. The van der Waals surface area contributed by atoms with Gasteiger partial charge in [0.1, 0.15) is 0 Å². The topological polar surface area (TPSA) is 50.1 Å². The van der Waals surface area contributed by atoms with Crippen molar-refractivity contribution in [3.8, 4) is 5.69 Å². The number of hydrogen-bond donors (Lipinski definition) is 0. The van der Waals surface area contributed by atoms with Crippen molar-refractivity contribution in [2.24, 2.45) is 0 Å². The maximum atomic E-state index is 4.61. The van der Waals surface area contributed by atoms with Gasteiger partial charge >= 0.3 is 0 Å². The van der Waals surface area contributed by atoms with Gasteiger partial charge < -0.3 is 4.90 Å². The van der Waals surface area contributed by atoms with Crippen LogP contribution in [0.15, 0.2) is 48.8 Å². The highest BCUT2D eigenvalue weighted by atomic mass is 15.3. The fourth-order valence-electron chi connectivity index (χ4n) is 3.72. The van der Waals surface area contributed by atoms with Crippen LogP contribution in [-0.4, -0.2) is 50.8 Å². The molecule has 0 N–H and O–H groups in total. The zero-order valence-corrected chi connectivity index (χ0v) is 16.0. The number of nitrogens with zero attached hydrogens (tertiary/aromatic N) is 6. The fraction of sp³-hybridized carbons (Fsp3) is 0.381. The minimum absolute atomic E-state index is 0.839. The smallest absolute Gasteiger partial charge is 0.225 e. The third-order valence-electron chi connectivity index (χ3n) is 4.99. The van der Waals surface area contributed by atoms with E-state index in [1.807, 2.05) is 30.1 Å². The molecule has 1 aromatic carbocycles. The molecule has 0 unspecified atom stereocenters. The van der Waals surface area contributed by atoms with Gasteiger partial charge in [0.05, 0.1) is 11.4 Å². The van der Waals surface area contributed by atoms with Crippen LogP contribution in [0, 0.1) is 13.8 Å². The van der Waals surface area contributed by atoms with Crippen molar-refractivity contribution in [1.29, 1.82) is 0 Å². The molecular formula is C21H26N6. The molecule has 0 spiro atoms. The van der Waals surface area contributed by atoms with Gasteiger partial charge in [0.2, 0.25) is 5.95 Å². The third kappa shape index (κ3) is 4.17. The van der Waals surface area contributed by atoms with Gasteiger partial charge in [-0.2, -0.15) is 5.10 Å². The summed E-state index contributed by atoms with van der Waals surface area (Å²) in [7, 11) is 0. The van der Waals surface area contributed by atoms with E-state index in [2.05, 4.69) is 62.1 Å². The van der Waals surface area contributed by atoms with Gasteiger partial charge in [0.15, 0.2) is 0 Å². The summed E-state index contributed by atoms with van der Waals surface area (Å²) < 4.78 is 2.02. The van der Waals surface area contributed by atoms with E-state index in [1.165, 1.54) is 5.56 Å². The zero-order chi connectivity index (χ0) is 18.6. The maximum Gasteiger partial charge on any atom is 0.225 e. The molecule has 4 rings (SSSR count). The lowest BCUT2D eigenvalue weighted by atomic mass is 10.2. The Labute approximate surface area is 160 Å². The van der Waals surface area contributed by atoms with Crippen LogP contribution in [0.3, 0.4) is 0 Å². The molecule has 3 heterocycles. The molecule has 0 aliphatic carbocycles. The van der Waals surface area contributed by atoms with Gasteiger partial charge in [-0.25, -0.2) is 14.6 Å². The Morgan fingerprint density at radius 2 is 1.78 bits per heavy atom. The van der Waals surface area contributed by atoms with Gasteiger partial charge in [-0.05, 0) is 50.1 Å². The molecule has 1 saturated heterocycles. The molecule has 0 bridgehead atoms. The summed E-state index contributed by atoms with van der Waals surface area (Å²) in [4.78, 5) is 13.6. The molecule has 0 radical (unpaired) electrons. The average Bonchev–Trinajstić information content (AvgIpc) is 2.88. The van der Waals surface area contributed by atoms with Gasteiger partial charge in [-0.3, -0.25) is 4.90 Å². The van der Waals surface area contributed by atoms with Crippen LogP contribution < -0.4 is 4.90 Å². The van der Waals surface area contributed by atoms with Crippen molar-refractivity contribution in [3.63, 3.8) is 0 Å². The lowest BCUT2D eigenvalue weighted by Crippen LogP contribution is -2.31. The summed E-state index contributed by atoms with van der Waals surface area (Å²) in [6.45, 7) is 9.16. The largest absolute Gasteiger partial charge is 0.339 e. The Hall–Kier alpha value is -2.73. The van der Waals surface area contributed by atoms with Crippen LogP contribution in [0.4, 0.5) is 5.95 Å². The molecular weight excluding hydrogens is 336 g/mol. The van der Waals surface area contributed by atoms with Crippen molar-refractivity contribution in [2.75, 3.05) is 31.1 Å². The molecule has 140 valence electrons. The zero-order valence-electron chi connectivity index (χ0n) is 16.0. The van der Waals surface area contributed by atoms with Gasteiger partial charge in [0.25, 0.3) is 0 Å². The first kappa shape index (κ1) is 17.7. The van der Waals surface area contributed by atoms with E-state index in [-0.39, 0.29) is 0 Å². The molecule has 27 heavy (non-hydrogen) atoms. The summed E-state index contributed by atoms with van der Waals surface area (Å²) in [5, 5.41) is 4.61. The molecule has 1 fully saturated rings. The molecule has 6 heteroatoms. The molecule has 0 saturated carbocycles.